The van der Waals surface area contributed by atoms with Crippen molar-refractivity contribution in [3.8, 4) is 22.3 Å². The summed E-state index contributed by atoms with van der Waals surface area (Å²) in [7, 11) is 0. The van der Waals surface area contributed by atoms with E-state index >= 15 is 0 Å². The maximum Gasteiger partial charge on any atom is 0.0491 e. The molecular formula is C42H47N3. The molecule has 0 atom stereocenters. The number of unbranched alkanes of at least 4 members (excludes halogenated alkanes) is 3. The van der Waals surface area contributed by atoms with E-state index < -0.39 is 0 Å². The summed E-state index contributed by atoms with van der Waals surface area (Å²) in [5, 5.41) is 2.83. The van der Waals surface area contributed by atoms with Crippen molar-refractivity contribution in [3.05, 3.63) is 82.9 Å². The molecule has 0 saturated heterocycles. The predicted molar refractivity (Wildman–Crippen MR) is 192 cm³/mol. The molecule has 4 aromatic carbocycles. The summed E-state index contributed by atoms with van der Waals surface area (Å²) >= 11 is 0. The fourth-order valence-electron chi connectivity index (χ4n) is 9.34. The van der Waals surface area contributed by atoms with Gasteiger partial charge in [-0.05, 0) is 151 Å². The van der Waals surface area contributed by atoms with Gasteiger partial charge in [-0.25, -0.2) is 0 Å². The average molecular weight is 594 g/mol. The highest BCUT2D eigenvalue weighted by Crippen LogP contribution is 2.42. The highest BCUT2D eigenvalue weighted by atomic mass is 15.1. The molecule has 0 fully saturated rings. The van der Waals surface area contributed by atoms with Crippen LogP contribution in [-0.4, -0.2) is 30.7 Å². The number of fused-ring (bicyclic) bond motifs is 3. The van der Waals surface area contributed by atoms with Gasteiger partial charge in [0.1, 0.15) is 0 Å². The van der Waals surface area contributed by atoms with Gasteiger partial charge in [0.2, 0.25) is 0 Å². The number of nitrogens with zero attached hydrogens (tertiary/aromatic N) is 3. The second-order valence-corrected chi connectivity index (χ2v) is 14.4. The van der Waals surface area contributed by atoms with Gasteiger partial charge in [0, 0.05) is 65.9 Å². The minimum Gasteiger partial charge on any atom is -0.371 e. The smallest absolute Gasteiger partial charge is 0.0491 e. The fourth-order valence-corrected chi connectivity index (χ4v) is 9.34. The molecule has 0 saturated carbocycles. The highest BCUT2D eigenvalue weighted by molar-refractivity contribution is 6.10. The molecule has 4 aliphatic heterocycles. The third-order valence-electron chi connectivity index (χ3n) is 11.4. The molecule has 0 radical (unpaired) electrons. The Balaban J connectivity index is 1.18. The van der Waals surface area contributed by atoms with Crippen molar-refractivity contribution in [3.63, 3.8) is 0 Å². The van der Waals surface area contributed by atoms with Crippen molar-refractivity contribution in [1.29, 1.82) is 0 Å². The van der Waals surface area contributed by atoms with Crippen LogP contribution >= 0.6 is 0 Å². The van der Waals surface area contributed by atoms with E-state index in [0.717, 1.165) is 6.54 Å². The molecule has 0 aliphatic carbocycles. The fraction of sp³-hybridized carbons (Fsp3) is 0.429. The first-order chi connectivity index (χ1) is 22.2. The Morgan fingerprint density at radius 1 is 0.489 bits per heavy atom. The van der Waals surface area contributed by atoms with Crippen LogP contribution in [0.1, 0.15) is 80.5 Å². The van der Waals surface area contributed by atoms with E-state index in [1.165, 1.54) is 147 Å². The second kappa shape index (κ2) is 11.3. The SMILES string of the molecule is CCCCCCn1c2ccc(-c3cc4c5c(c3)CCCN5CCC4)cc2c2cc(-c3cc4c5c(c3)CCCN5CCC4)ccc21. The van der Waals surface area contributed by atoms with Gasteiger partial charge < -0.3 is 14.4 Å². The zero-order valence-electron chi connectivity index (χ0n) is 27.1. The molecule has 0 unspecified atom stereocenters. The lowest BCUT2D eigenvalue weighted by Gasteiger charge is -2.37. The molecule has 0 spiro atoms. The predicted octanol–water partition coefficient (Wildman–Crippen LogP) is 10.1. The van der Waals surface area contributed by atoms with Gasteiger partial charge in [0.05, 0.1) is 0 Å². The van der Waals surface area contributed by atoms with Crippen LogP contribution in [0.15, 0.2) is 60.7 Å². The minimum absolute atomic E-state index is 1.09. The van der Waals surface area contributed by atoms with Gasteiger partial charge in [0.15, 0.2) is 0 Å². The van der Waals surface area contributed by atoms with Gasteiger partial charge in [-0.3, -0.25) is 0 Å². The van der Waals surface area contributed by atoms with Crippen LogP contribution in [0.3, 0.4) is 0 Å². The lowest BCUT2D eigenvalue weighted by atomic mass is 9.88. The maximum atomic E-state index is 2.66. The topological polar surface area (TPSA) is 11.4 Å². The number of hydrogen-bond acceptors (Lipinski definition) is 2. The zero-order chi connectivity index (χ0) is 29.9. The summed E-state index contributed by atoms with van der Waals surface area (Å²) in [4.78, 5) is 5.31. The molecule has 3 heteroatoms. The normalized spacial score (nSPS) is 17.2. The van der Waals surface area contributed by atoms with Gasteiger partial charge in [0.25, 0.3) is 0 Å². The summed E-state index contributed by atoms with van der Waals surface area (Å²) in [5.41, 5.74) is 17.8. The van der Waals surface area contributed by atoms with E-state index in [1.807, 2.05) is 0 Å². The highest BCUT2D eigenvalue weighted by Gasteiger charge is 2.26. The molecule has 5 aromatic rings. The van der Waals surface area contributed by atoms with Crippen molar-refractivity contribution in [2.45, 2.75) is 90.5 Å². The molecule has 0 amide bonds. The average Bonchev–Trinajstić information content (AvgIpc) is 3.39. The van der Waals surface area contributed by atoms with E-state index in [-0.39, 0.29) is 0 Å². The van der Waals surface area contributed by atoms with Crippen LogP contribution in [0.5, 0.6) is 0 Å². The van der Waals surface area contributed by atoms with E-state index in [0.29, 0.717) is 0 Å². The Morgan fingerprint density at radius 2 is 0.933 bits per heavy atom. The molecule has 0 N–H and O–H groups in total. The van der Waals surface area contributed by atoms with Crippen molar-refractivity contribution in [2.75, 3.05) is 36.0 Å². The summed E-state index contributed by atoms with van der Waals surface area (Å²) in [6.45, 7) is 8.33. The zero-order valence-corrected chi connectivity index (χ0v) is 27.1. The first-order valence-corrected chi connectivity index (χ1v) is 18.1. The van der Waals surface area contributed by atoms with Gasteiger partial charge in [-0.1, -0.05) is 38.3 Å². The summed E-state index contributed by atoms with van der Waals surface area (Å²) in [6, 6.07) is 24.8. The van der Waals surface area contributed by atoms with Crippen LogP contribution in [0.25, 0.3) is 44.1 Å². The van der Waals surface area contributed by atoms with Crippen molar-refractivity contribution >= 4 is 33.2 Å². The third-order valence-corrected chi connectivity index (χ3v) is 11.4. The van der Waals surface area contributed by atoms with Crippen LogP contribution in [0, 0.1) is 0 Å². The first kappa shape index (κ1) is 27.6. The van der Waals surface area contributed by atoms with E-state index in [2.05, 4.69) is 82.0 Å². The lowest BCUT2D eigenvalue weighted by molar-refractivity contribution is 0.602. The summed E-state index contributed by atoms with van der Waals surface area (Å²) in [5.74, 6) is 0. The first-order valence-electron chi connectivity index (χ1n) is 18.1. The number of anilines is 2. The van der Waals surface area contributed by atoms with Crippen molar-refractivity contribution < 1.29 is 0 Å². The summed E-state index contributed by atoms with van der Waals surface area (Å²) < 4.78 is 2.62. The quantitative estimate of drug-likeness (QED) is 0.174. The molecule has 0 bridgehead atoms. The van der Waals surface area contributed by atoms with E-state index in [9.17, 15) is 0 Å². The molecule has 5 heterocycles. The monoisotopic (exact) mass is 593 g/mol. The van der Waals surface area contributed by atoms with Crippen LogP contribution < -0.4 is 9.80 Å². The molecule has 4 aliphatic rings. The Morgan fingerprint density at radius 3 is 1.36 bits per heavy atom. The van der Waals surface area contributed by atoms with Gasteiger partial charge >= 0.3 is 0 Å². The largest absolute Gasteiger partial charge is 0.371 e. The van der Waals surface area contributed by atoms with Crippen LogP contribution in [0.2, 0.25) is 0 Å². The van der Waals surface area contributed by atoms with Crippen LogP contribution in [-0.2, 0) is 32.2 Å². The number of aromatic nitrogens is 1. The molecule has 9 rings (SSSR count). The number of hydrogen-bond donors (Lipinski definition) is 0. The lowest BCUT2D eigenvalue weighted by Crippen LogP contribution is -2.34. The van der Waals surface area contributed by atoms with E-state index in [4.69, 9.17) is 0 Å². The molecule has 45 heavy (non-hydrogen) atoms. The van der Waals surface area contributed by atoms with Gasteiger partial charge in [-0.15, -0.1) is 0 Å². The third kappa shape index (κ3) is 4.68. The Hall–Kier alpha value is -3.72. The van der Waals surface area contributed by atoms with E-state index in [1.54, 1.807) is 33.6 Å². The maximum absolute atomic E-state index is 2.66. The molecule has 3 nitrogen and oxygen atoms in total. The summed E-state index contributed by atoms with van der Waals surface area (Å²) in [6.07, 6.45) is 15.2. The van der Waals surface area contributed by atoms with Crippen LogP contribution in [0.4, 0.5) is 11.4 Å². The molecule has 1 aromatic heterocycles. The Kier molecular flexibility index (Phi) is 6.90. The van der Waals surface area contributed by atoms with Gasteiger partial charge in [-0.2, -0.15) is 0 Å². The number of aryl methyl sites for hydroxylation is 5. The second-order valence-electron chi connectivity index (χ2n) is 14.4. The number of benzene rings is 4. The molecular weight excluding hydrogens is 546 g/mol. The minimum atomic E-state index is 1.09. The van der Waals surface area contributed by atoms with Crippen molar-refractivity contribution in [1.82, 2.24) is 4.57 Å². The molecule has 230 valence electrons. The van der Waals surface area contributed by atoms with Crippen molar-refractivity contribution in [2.24, 2.45) is 0 Å². The Bertz CT molecular complexity index is 1730. The Labute approximate surface area is 268 Å². The standard InChI is InChI=1S/C42H47N3/c1-2-3-4-5-22-45-39-16-14-29(35-23-31-10-6-18-43-19-7-11-32(24-35)41(31)43)27-37(39)38-28-30(15-17-40(38)45)36-25-33-12-8-20-44-21-9-13-34(26-36)42(33)44/h14-17,23-28H,2-13,18-22H2,1H3. The number of rotatable bonds is 7.